The Hall–Kier alpha value is -3.00. The van der Waals surface area contributed by atoms with Gasteiger partial charge in [0.2, 0.25) is 5.89 Å². The van der Waals surface area contributed by atoms with E-state index in [1.54, 1.807) is 0 Å². The van der Waals surface area contributed by atoms with Gasteiger partial charge in [0.15, 0.2) is 5.69 Å². The van der Waals surface area contributed by atoms with Crippen LogP contribution < -0.4 is 5.32 Å². The molecule has 1 amide bonds. The molecule has 0 atom stereocenters. The fraction of sp³-hybridized carbons (Fsp3) is 0.429. The highest BCUT2D eigenvalue weighted by Crippen LogP contribution is 2.29. The first-order chi connectivity index (χ1) is 17.3. The molecule has 7 heteroatoms. The third kappa shape index (κ3) is 6.17. The number of likely N-dealkylation sites (tertiary alicyclic amines) is 1. The lowest BCUT2D eigenvalue weighted by molar-refractivity contribution is 0.0943. The molecule has 0 unspecified atom stereocenters. The number of amides is 1. The van der Waals surface area contributed by atoms with Crippen LogP contribution in [0.5, 0.6) is 0 Å². The van der Waals surface area contributed by atoms with E-state index in [9.17, 15) is 4.79 Å². The monoisotopic (exact) mass is 473 g/mol. The Bertz CT molecular complexity index is 1020. The largest absolute Gasteiger partial charge is 0.447 e. The minimum atomic E-state index is -0.155. The van der Waals surface area contributed by atoms with Crippen molar-refractivity contribution in [2.24, 2.45) is 0 Å². The first-order valence-corrected chi connectivity index (χ1v) is 12.8. The van der Waals surface area contributed by atoms with Gasteiger partial charge in [-0.2, -0.15) is 0 Å². The molecule has 2 aliphatic heterocycles. The number of piperazine rings is 1. The van der Waals surface area contributed by atoms with Crippen LogP contribution in [0.1, 0.15) is 46.4 Å². The van der Waals surface area contributed by atoms with E-state index >= 15 is 0 Å². The number of rotatable bonds is 9. The maximum absolute atomic E-state index is 12.4. The van der Waals surface area contributed by atoms with Gasteiger partial charge in [0.25, 0.3) is 5.91 Å². The van der Waals surface area contributed by atoms with Crippen LogP contribution in [-0.4, -0.2) is 77.9 Å². The van der Waals surface area contributed by atoms with Crippen molar-refractivity contribution in [2.45, 2.75) is 25.4 Å². The summed E-state index contributed by atoms with van der Waals surface area (Å²) in [6, 6.07) is 21.7. The van der Waals surface area contributed by atoms with Crippen LogP contribution in [0.15, 0.2) is 71.3 Å². The van der Waals surface area contributed by atoms with E-state index in [0.717, 1.165) is 45.8 Å². The molecular formula is C28H35N5O2. The Morgan fingerprint density at radius 2 is 1.49 bits per heavy atom. The molecule has 35 heavy (non-hydrogen) atoms. The second-order valence-corrected chi connectivity index (χ2v) is 9.47. The molecule has 184 valence electrons. The number of aromatic nitrogens is 1. The lowest BCUT2D eigenvalue weighted by Gasteiger charge is -2.39. The predicted octanol–water partition coefficient (Wildman–Crippen LogP) is 3.41. The van der Waals surface area contributed by atoms with E-state index in [0.29, 0.717) is 24.7 Å². The predicted molar refractivity (Wildman–Crippen MR) is 136 cm³/mol. The fourth-order valence-corrected chi connectivity index (χ4v) is 5.17. The van der Waals surface area contributed by atoms with E-state index in [-0.39, 0.29) is 11.9 Å². The van der Waals surface area contributed by atoms with Crippen molar-refractivity contribution in [3.63, 3.8) is 0 Å². The van der Waals surface area contributed by atoms with Crippen LogP contribution in [0.3, 0.4) is 0 Å². The van der Waals surface area contributed by atoms with Crippen LogP contribution in [-0.2, 0) is 6.54 Å². The highest BCUT2D eigenvalue weighted by atomic mass is 16.3. The Morgan fingerprint density at radius 3 is 2.11 bits per heavy atom. The molecular weight excluding hydrogens is 438 g/mol. The van der Waals surface area contributed by atoms with E-state index in [4.69, 9.17) is 4.42 Å². The third-order valence-corrected chi connectivity index (χ3v) is 7.06. The summed E-state index contributed by atoms with van der Waals surface area (Å²) in [7, 11) is 0. The lowest BCUT2D eigenvalue weighted by Crippen LogP contribution is -2.47. The number of nitrogens with zero attached hydrogens (tertiary/aromatic N) is 4. The Morgan fingerprint density at radius 1 is 0.857 bits per heavy atom. The highest BCUT2D eigenvalue weighted by Gasteiger charge is 2.27. The first-order valence-electron chi connectivity index (χ1n) is 12.8. The second kappa shape index (κ2) is 11.6. The number of hydrogen-bond acceptors (Lipinski definition) is 6. The molecule has 0 aliphatic carbocycles. The highest BCUT2D eigenvalue weighted by molar-refractivity contribution is 5.91. The van der Waals surface area contributed by atoms with Gasteiger partial charge >= 0.3 is 0 Å². The minimum Gasteiger partial charge on any atom is -0.447 e. The molecule has 1 N–H and O–H groups in total. The quantitative estimate of drug-likeness (QED) is 0.514. The summed E-state index contributed by atoms with van der Waals surface area (Å²) in [4.78, 5) is 24.2. The third-order valence-electron chi connectivity index (χ3n) is 7.06. The summed E-state index contributed by atoms with van der Waals surface area (Å²) in [6.07, 6.45) is 4.00. The molecule has 3 heterocycles. The number of oxazole rings is 1. The molecule has 2 aromatic carbocycles. The average Bonchev–Trinajstić information content (AvgIpc) is 3.59. The molecule has 0 radical (unpaired) electrons. The molecule has 3 aromatic rings. The van der Waals surface area contributed by atoms with Crippen molar-refractivity contribution in [2.75, 3.05) is 52.4 Å². The summed E-state index contributed by atoms with van der Waals surface area (Å²) in [5.41, 5.74) is 3.01. The standard InChI is InChI=1S/C28H35N5O2/c34-28(29-13-16-31-14-7-8-15-31)25-22-35-26(30-25)21-32-17-19-33(20-18-32)27(23-9-3-1-4-10-23)24-11-5-2-6-12-24/h1-6,9-12,22,27H,7-8,13-21H2,(H,29,34). The molecule has 2 saturated heterocycles. The van der Waals surface area contributed by atoms with Gasteiger partial charge in [0, 0.05) is 39.3 Å². The zero-order valence-corrected chi connectivity index (χ0v) is 20.3. The maximum Gasteiger partial charge on any atom is 0.273 e. The van der Waals surface area contributed by atoms with Gasteiger partial charge in [0.05, 0.1) is 12.6 Å². The topological polar surface area (TPSA) is 64.9 Å². The molecule has 5 rings (SSSR count). The van der Waals surface area contributed by atoms with E-state index < -0.39 is 0 Å². The SMILES string of the molecule is O=C(NCCN1CCCC1)c1coc(CN2CCN(C(c3ccccc3)c3ccccc3)CC2)n1. The van der Waals surface area contributed by atoms with E-state index in [1.165, 1.54) is 30.2 Å². The van der Waals surface area contributed by atoms with Crippen LogP contribution in [0.4, 0.5) is 0 Å². The van der Waals surface area contributed by atoms with Gasteiger partial charge in [-0.05, 0) is 37.1 Å². The zero-order valence-electron chi connectivity index (χ0n) is 20.3. The lowest BCUT2D eigenvalue weighted by atomic mass is 9.96. The fourth-order valence-electron chi connectivity index (χ4n) is 5.17. The minimum absolute atomic E-state index is 0.155. The van der Waals surface area contributed by atoms with Gasteiger partial charge in [0.1, 0.15) is 6.26 Å². The molecule has 1 aromatic heterocycles. The number of hydrogen-bond donors (Lipinski definition) is 1. The number of carbonyl (C=O) groups excluding carboxylic acids is 1. The first kappa shape index (κ1) is 23.7. The van der Waals surface area contributed by atoms with Gasteiger partial charge in [-0.15, -0.1) is 0 Å². The molecule has 0 saturated carbocycles. The van der Waals surface area contributed by atoms with E-state index in [2.05, 4.69) is 85.7 Å². The summed E-state index contributed by atoms with van der Waals surface area (Å²) in [5, 5.41) is 2.97. The average molecular weight is 474 g/mol. The van der Waals surface area contributed by atoms with Crippen molar-refractivity contribution in [3.05, 3.63) is 89.6 Å². The van der Waals surface area contributed by atoms with Gasteiger partial charge < -0.3 is 14.6 Å². The Labute approximate surface area is 207 Å². The molecule has 2 fully saturated rings. The summed E-state index contributed by atoms with van der Waals surface area (Å²) < 4.78 is 5.64. The Kier molecular flexibility index (Phi) is 7.88. The number of nitrogens with one attached hydrogen (secondary N) is 1. The zero-order chi connectivity index (χ0) is 23.9. The molecule has 2 aliphatic rings. The summed E-state index contributed by atoms with van der Waals surface area (Å²) >= 11 is 0. The summed E-state index contributed by atoms with van der Waals surface area (Å²) in [6.45, 7) is 8.20. The van der Waals surface area contributed by atoms with Crippen molar-refractivity contribution in [3.8, 4) is 0 Å². The van der Waals surface area contributed by atoms with Crippen LogP contribution in [0.2, 0.25) is 0 Å². The van der Waals surface area contributed by atoms with Crippen LogP contribution in [0.25, 0.3) is 0 Å². The summed E-state index contributed by atoms with van der Waals surface area (Å²) in [5.74, 6) is 0.448. The second-order valence-electron chi connectivity index (χ2n) is 9.47. The van der Waals surface area contributed by atoms with Gasteiger partial charge in [-0.3, -0.25) is 14.6 Å². The van der Waals surface area contributed by atoms with Crippen molar-refractivity contribution in [1.29, 1.82) is 0 Å². The Balaban J connectivity index is 1.13. The van der Waals surface area contributed by atoms with Crippen LogP contribution >= 0.6 is 0 Å². The molecule has 0 bridgehead atoms. The molecule has 0 spiro atoms. The smallest absolute Gasteiger partial charge is 0.273 e. The van der Waals surface area contributed by atoms with Crippen LogP contribution in [0, 0.1) is 0 Å². The molecule has 7 nitrogen and oxygen atoms in total. The number of benzene rings is 2. The normalized spacial score (nSPS) is 17.7. The van der Waals surface area contributed by atoms with Crippen molar-refractivity contribution < 1.29 is 9.21 Å². The number of carbonyl (C=O) groups is 1. The maximum atomic E-state index is 12.4. The van der Waals surface area contributed by atoms with Crippen molar-refractivity contribution >= 4 is 5.91 Å². The van der Waals surface area contributed by atoms with Gasteiger partial charge in [-0.25, -0.2) is 4.98 Å². The van der Waals surface area contributed by atoms with Crippen molar-refractivity contribution in [1.82, 2.24) is 25.0 Å². The van der Waals surface area contributed by atoms with E-state index in [1.807, 2.05) is 0 Å². The van der Waals surface area contributed by atoms with Gasteiger partial charge in [-0.1, -0.05) is 60.7 Å².